The molecule has 2 aromatic carbocycles. The first-order valence-corrected chi connectivity index (χ1v) is 11.5. The highest BCUT2D eigenvalue weighted by molar-refractivity contribution is 8.00. The molecule has 2 aromatic heterocycles. The number of aromatic nitrogens is 2. The van der Waals surface area contributed by atoms with E-state index in [9.17, 15) is 9.59 Å². The van der Waals surface area contributed by atoms with Gasteiger partial charge in [0.05, 0.1) is 23.3 Å². The number of hydrogen-bond donors (Lipinski definition) is 1. The third kappa shape index (κ3) is 4.92. The average molecular weight is 450 g/mol. The summed E-state index contributed by atoms with van der Waals surface area (Å²) in [4.78, 5) is 33.9. The van der Waals surface area contributed by atoms with E-state index in [-0.39, 0.29) is 17.6 Å². The minimum absolute atomic E-state index is 0.155. The maximum atomic E-state index is 12.5. The van der Waals surface area contributed by atoms with Crippen molar-refractivity contribution < 1.29 is 14.3 Å². The third-order valence-corrected chi connectivity index (χ3v) is 6.32. The molecule has 0 unspecified atom stereocenters. The van der Waals surface area contributed by atoms with Crippen molar-refractivity contribution in [3.8, 4) is 11.1 Å². The Morgan fingerprint density at radius 3 is 2.58 bits per heavy atom. The number of benzene rings is 2. The van der Waals surface area contributed by atoms with Crippen LogP contribution in [0.1, 0.15) is 17.3 Å². The molecule has 0 fully saturated rings. The van der Waals surface area contributed by atoms with E-state index in [1.165, 1.54) is 18.1 Å². The van der Waals surface area contributed by atoms with Gasteiger partial charge >= 0.3 is 5.97 Å². The van der Waals surface area contributed by atoms with E-state index >= 15 is 0 Å². The van der Waals surface area contributed by atoms with Crippen molar-refractivity contribution in [2.75, 3.05) is 17.7 Å². The molecule has 4 rings (SSSR count). The second-order valence-electron chi connectivity index (χ2n) is 6.51. The van der Waals surface area contributed by atoms with Crippen LogP contribution < -0.4 is 5.32 Å². The quantitative estimate of drug-likeness (QED) is 0.235. The Bertz CT molecular complexity index is 1210. The van der Waals surface area contributed by atoms with Crippen molar-refractivity contribution in [2.45, 2.75) is 11.9 Å². The van der Waals surface area contributed by atoms with E-state index in [0.717, 1.165) is 26.4 Å². The Balaban J connectivity index is 1.45. The van der Waals surface area contributed by atoms with Crippen LogP contribution in [0.25, 0.3) is 21.3 Å². The lowest BCUT2D eigenvalue weighted by Gasteiger charge is -2.07. The molecule has 0 spiro atoms. The Hall–Kier alpha value is -3.23. The number of thiophene rings is 1. The van der Waals surface area contributed by atoms with Gasteiger partial charge in [-0.3, -0.25) is 4.79 Å². The molecular weight excluding hydrogens is 430 g/mol. The second kappa shape index (κ2) is 9.72. The number of fused-ring (bicyclic) bond motifs is 1. The maximum absolute atomic E-state index is 12.5. The first-order valence-electron chi connectivity index (χ1n) is 9.63. The van der Waals surface area contributed by atoms with Gasteiger partial charge in [-0.15, -0.1) is 11.3 Å². The van der Waals surface area contributed by atoms with Gasteiger partial charge in [0.1, 0.15) is 16.2 Å². The molecule has 0 bridgehead atoms. The van der Waals surface area contributed by atoms with Crippen LogP contribution in [0.2, 0.25) is 0 Å². The van der Waals surface area contributed by atoms with Gasteiger partial charge in [-0.1, -0.05) is 42.1 Å². The van der Waals surface area contributed by atoms with Crippen LogP contribution >= 0.6 is 23.1 Å². The number of carbonyl (C=O) groups is 2. The number of nitrogens with one attached hydrogen (secondary N) is 1. The van der Waals surface area contributed by atoms with E-state index in [0.29, 0.717) is 17.9 Å². The largest absolute Gasteiger partial charge is 0.462 e. The molecule has 8 heteroatoms. The van der Waals surface area contributed by atoms with E-state index in [2.05, 4.69) is 32.8 Å². The number of thioether (sulfide) groups is 1. The first kappa shape index (κ1) is 21.0. The minimum Gasteiger partial charge on any atom is -0.462 e. The van der Waals surface area contributed by atoms with Crippen LogP contribution in [0, 0.1) is 0 Å². The zero-order valence-corrected chi connectivity index (χ0v) is 18.3. The number of rotatable bonds is 7. The summed E-state index contributed by atoms with van der Waals surface area (Å²) in [6.07, 6.45) is 1.53. The summed E-state index contributed by atoms with van der Waals surface area (Å²) in [6.45, 7) is 2.08. The summed E-state index contributed by atoms with van der Waals surface area (Å²) in [5, 5.41) is 6.66. The van der Waals surface area contributed by atoms with Crippen molar-refractivity contribution in [3.63, 3.8) is 0 Å². The van der Waals surface area contributed by atoms with Crippen molar-refractivity contribution >= 4 is 50.9 Å². The van der Waals surface area contributed by atoms with Crippen LogP contribution in [0.3, 0.4) is 0 Å². The van der Waals surface area contributed by atoms with Gasteiger partial charge in [0.2, 0.25) is 5.91 Å². The molecule has 1 N–H and O–H groups in total. The number of hydrogen-bond acceptors (Lipinski definition) is 7. The van der Waals surface area contributed by atoms with E-state index in [4.69, 9.17) is 4.74 Å². The average Bonchev–Trinajstić information content (AvgIpc) is 3.24. The normalized spacial score (nSPS) is 10.7. The summed E-state index contributed by atoms with van der Waals surface area (Å²) in [5.41, 5.74) is 3.23. The molecule has 0 saturated carbocycles. The maximum Gasteiger partial charge on any atom is 0.338 e. The molecule has 31 heavy (non-hydrogen) atoms. The number of anilines is 1. The summed E-state index contributed by atoms with van der Waals surface area (Å²) in [7, 11) is 0. The Kier molecular flexibility index (Phi) is 6.59. The topological polar surface area (TPSA) is 81.2 Å². The predicted octanol–water partition coefficient (Wildman–Crippen LogP) is 5.27. The van der Waals surface area contributed by atoms with Crippen molar-refractivity contribution in [3.05, 3.63) is 71.9 Å². The number of esters is 1. The van der Waals surface area contributed by atoms with Crippen molar-refractivity contribution in [2.24, 2.45) is 0 Å². The minimum atomic E-state index is -0.381. The van der Waals surface area contributed by atoms with Gasteiger partial charge in [-0.05, 0) is 36.8 Å². The van der Waals surface area contributed by atoms with Gasteiger partial charge in [-0.25, -0.2) is 14.8 Å². The molecule has 0 aliphatic rings. The lowest BCUT2D eigenvalue weighted by atomic mass is 10.1. The second-order valence-corrected chi connectivity index (χ2v) is 8.33. The summed E-state index contributed by atoms with van der Waals surface area (Å²) in [6, 6.07) is 16.7. The Morgan fingerprint density at radius 2 is 1.84 bits per heavy atom. The summed E-state index contributed by atoms with van der Waals surface area (Å²) < 4.78 is 4.97. The number of carbonyl (C=O) groups excluding carboxylic acids is 2. The lowest BCUT2D eigenvalue weighted by molar-refractivity contribution is -0.113. The monoisotopic (exact) mass is 449 g/mol. The zero-order valence-electron chi connectivity index (χ0n) is 16.7. The SMILES string of the molecule is CCOC(=O)c1ccc(NC(=O)CSc2ncnc3scc(-c4ccccc4)c23)cc1. The number of nitrogens with zero attached hydrogens (tertiary/aromatic N) is 2. The fraction of sp³-hybridized carbons (Fsp3) is 0.130. The molecule has 0 aliphatic heterocycles. The fourth-order valence-corrected chi connectivity index (χ4v) is 4.82. The van der Waals surface area contributed by atoms with Gasteiger partial charge in [0.25, 0.3) is 0 Å². The Morgan fingerprint density at radius 1 is 1.06 bits per heavy atom. The van der Waals surface area contributed by atoms with Crippen LogP contribution in [0.5, 0.6) is 0 Å². The molecule has 4 aromatic rings. The molecule has 0 saturated heterocycles. The van der Waals surface area contributed by atoms with Crippen LogP contribution in [0.4, 0.5) is 5.69 Å². The molecular formula is C23H19N3O3S2. The number of amides is 1. The van der Waals surface area contributed by atoms with Crippen molar-refractivity contribution in [1.29, 1.82) is 0 Å². The van der Waals surface area contributed by atoms with Gasteiger partial charge in [-0.2, -0.15) is 0 Å². The highest BCUT2D eigenvalue weighted by Gasteiger charge is 2.15. The van der Waals surface area contributed by atoms with Gasteiger partial charge in [0, 0.05) is 16.6 Å². The molecule has 6 nitrogen and oxygen atoms in total. The summed E-state index contributed by atoms with van der Waals surface area (Å²) in [5.74, 6) is -0.332. The van der Waals surface area contributed by atoms with E-state index in [1.54, 1.807) is 42.5 Å². The standard InChI is InChI=1S/C23H19N3O3S2/c1-2-29-23(28)16-8-10-17(11-9-16)26-19(27)13-31-22-20-18(15-6-4-3-5-7-15)12-30-21(20)24-14-25-22/h3-12,14H,2,13H2,1H3,(H,26,27). The van der Waals surface area contributed by atoms with E-state index < -0.39 is 0 Å². The lowest BCUT2D eigenvalue weighted by Crippen LogP contribution is -2.14. The molecule has 0 atom stereocenters. The highest BCUT2D eigenvalue weighted by Crippen LogP contribution is 2.37. The highest BCUT2D eigenvalue weighted by atomic mass is 32.2. The summed E-state index contributed by atoms with van der Waals surface area (Å²) >= 11 is 2.94. The van der Waals surface area contributed by atoms with Crippen molar-refractivity contribution in [1.82, 2.24) is 9.97 Å². The van der Waals surface area contributed by atoms with Gasteiger partial charge < -0.3 is 10.1 Å². The molecule has 156 valence electrons. The smallest absolute Gasteiger partial charge is 0.338 e. The van der Waals surface area contributed by atoms with E-state index in [1.807, 2.05) is 18.2 Å². The molecule has 1 amide bonds. The van der Waals surface area contributed by atoms with Crippen LogP contribution in [-0.4, -0.2) is 34.2 Å². The first-order chi connectivity index (χ1) is 15.2. The van der Waals surface area contributed by atoms with Crippen LogP contribution in [0.15, 0.2) is 71.3 Å². The van der Waals surface area contributed by atoms with Crippen LogP contribution in [-0.2, 0) is 9.53 Å². The molecule has 0 aliphatic carbocycles. The fourth-order valence-electron chi connectivity index (χ4n) is 3.02. The third-order valence-electron chi connectivity index (χ3n) is 4.44. The molecule has 2 heterocycles. The number of ether oxygens (including phenoxy) is 1. The predicted molar refractivity (Wildman–Crippen MR) is 125 cm³/mol. The zero-order chi connectivity index (χ0) is 21.6. The Labute approximate surface area is 187 Å². The van der Waals surface area contributed by atoms with Gasteiger partial charge in [0.15, 0.2) is 0 Å². The molecule has 0 radical (unpaired) electrons.